The maximum Gasteiger partial charge on any atom is 0.136 e. The highest BCUT2D eigenvalue weighted by Gasteiger charge is 2.19. The molecule has 0 amide bonds. The van der Waals surface area contributed by atoms with Crippen LogP contribution in [0.3, 0.4) is 0 Å². The Bertz CT molecular complexity index is 724. The second-order valence-electron chi connectivity index (χ2n) is 5.09. The Morgan fingerprint density at radius 3 is 2.68 bits per heavy atom. The molecule has 0 aliphatic rings. The van der Waals surface area contributed by atoms with Gasteiger partial charge in [0.1, 0.15) is 11.9 Å². The number of thiophene rings is 1. The zero-order chi connectivity index (χ0) is 15.4. The molecule has 2 atom stereocenters. The van der Waals surface area contributed by atoms with E-state index in [0.29, 0.717) is 6.42 Å². The summed E-state index contributed by atoms with van der Waals surface area (Å²) in [7, 11) is 1.86. The molecule has 2 aromatic carbocycles. The third-order valence-electron chi connectivity index (χ3n) is 3.61. The molecule has 1 N–H and O–H groups in total. The summed E-state index contributed by atoms with van der Waals surface area (Å²) in [6.07, 6.45) is 0.655. The minimum atomic E-state index is -0.123. The number of benzene rings is 2. The van der Waals surface area contributed by atoms with Gasteiger partial charge in [-0.1, -0.05) is 42.5 Å². The molecule has 4 heteroatoms. The van der Waals surface area contributed by atoms with Gasteiger partial charge in [-0.2, -0.15) is 0 Å². The summed E-state index contributed by atoms with van der Waals surface area (Å²) < 4.78 is 6.33. The van der Waals surface area contributed by atoms with Crippen molar-refractivity contribution in [1.29, 1.82) is 0 Å². The Balaban J connectivity index is 1.92. The first-order chi connectivity index (χ1) is 10.8. The summed E-state index contributed by atoms with van der Waals surface area (Å²) >= 11 is 7.97. The van der Waals surface area contributed by atoms with Gasteiger partial charge >= 0.3 is 0 Å². The fraction of sp³-hybridized carbons (Fsp3) is 0.222. The average molecular weight is 332 g/mol. The molecule has 0 aliphatic heterocycles. The molecular weight excluding hydrogens is 314 g/mol. The van der Waals surface area contributed by atoms with Crippen LogP contribution < -0.4 is 10.1 Å². The van der Waals surface area contributed by atoms with Crippen molar-refractivity contribution in [3.05, 3.63) is 64.9 Å². The summed E-state index contributed by atoms with van der Waals surface area (Å²) in [4.78, 5) is 1.19. The lowest BCUT2D eigenvalue weighted by molar-refractivity contribution is 0.196. The highest BCUT2D eigenvalue weighted by Crippen LogP contribution is 2.33. The molecule has 0 spiro atoms. The fourth-order valence-electron chi connectivity index (χ4n) is 2.45. The van der Waals surface area contributed by atoms with E-state index in [1.165, 1.54) is 10.3 Å². The fourth-order valence-corrected chi connectivity index (χ4v) is 3.38. The summed E-state index contributed by atoms with van der Waals surface area (Å²) in [6, 6.07) is 18.5. The van der Waals surface area contributed by atoms with Crippen LogP contribution in [-0.2, 0) is 0 Å². The quantitative estimate of drug-likeness (QED) is 0.495. The van der Waals surface area contributed by atoms with Gasteiger partial charge in [0.05, 0.1) is 5.50 Å². The van der Waals surface area contributed by atoms with Gasteiger partial charge in [0.25, 0.3) is 0 Å². The second kappa shape index (κ2) is 7.14. The number of hydrogen-bond acceptors (Lipinski definition) is 3. The molecule has 2 unspecified atom stereocenters. The molecule has 0 aliphatic carbocycles. The van der Waals surface area contributed by atoms with Crippen LogP contribution in [-0.4, -0.2) is 12.5 Å². The van der Waals surface area contributed by atoms with Gasteiger partial charge in [-0.15, -0.1) is 22.9 Å². The number of hydrogen-bond donors (Lipinski definition) is 1. The van der Waals surface area contributed by atoms with Crippen molar-refractivity contribution in [3.63, 3.8) is 0 Å². The van der Waals surface area contributed by atoms with E-state index in [2.05, 4.69) is 35.0 Å². The van der Waals surface area contributed by atoms with Crippen molar-refractivity contribution in [1.82, 2.24) is 5.32 Å². The first kappa shape index (κ1) is 15.3. The second-order valence-corrected chi connectivity index (χ2v) is 6.60. The summed E-state index contributed by atoms with van der Waals surface area (Å²) in [5, 5.41) is 7.45. The van der Waals surface area contributed by atoms with E-state index >= 15 is 0 Å². The van der Waals surface area contributed by atoms with E-state index in [1.54, 1.807) is 11.3 Å². The van der Waals surface area contributed by atoms with E-state index in [0.717, 1.165) is 11.1 Å². The van der Waals surface area contributed by atoms with E-state index in [1.807, 2.05) is 37.4 Å². The van der Waals surface area contributed by atoms with Crippen LogP contribution in [0, 0.1) is 0 Å². The molecule has 0 bridgehead atoms. The van der Waals surface area contributed by atoms with Gasteiger partial charge in [-0.25, -0.2) is 0 Å². The Labute approximate surface area is 139 Å². The maximum absolute atomic E-state index is 6.33. The molecule has 0 saturated heterocycles. The van der Waals surface area contributed by atoms with Crippen molar-refractivity contribution in [3.8, 4) is 5.75 Å². The number of fused-ring (bicyclic) bond motifs is 1. The molecule has 1 aromatic heterocycles. The molecule has 0 saturated carbocycles. The molecule has 22 heavy (non-hydrogen) atoms. The number of halogens is 1. The summed E-state index contributed by atoms with van der Waals surface area (Å²) in [5.74, 6) is 0.900. The van der Waals surface area contributed by atoms with Crippen LogP contribution in [0.2, 0.25) is 0 Å². The molecule has 3 aromatic rings. The Hall–Kier alpha value is -1.55. The lowest BCUT2D eigenvalue weighted by Gasteiger charge is -2.21. The number of rotatable bonds is 6. The van der Waals surface area contributed by atoms with Gasteiger partial charge in [0.15, 0.2) is 0 Å². The Morgan fingerprint density at radius 1 is 1.09 bits per heavy atom. The maximum atomic E-state index is 6.33. The highest BCUT2D eigenvalue weighted by molar-refractivity contribution is 7.10. The number of alkyl halides is 1. The number of nitrogens with one attached hydrogen (secondary N) is 1. The average Bonchev–Trinajstić information content (AvgIpc) is 3.09. The molecule has 1 heterocycles. The van der Waals surface area contributed by atoms with Crippen molar-refractivity contribution in [2.45, 2.75) is 18.0 Å². The van der Waals surface area contributed by atoms with Crippen molar-refractivity contribution < 1.29 is 4.74 Å². The largest absolute Gasteiger partial charge is 0.484 e. The first-order valence-corrected chi connectivity index (χ1v) is 8.58. The summed E-state index contributed by atoms with van der Waals surface area (Å²) in [6.45, 7) is 0. The third kappa shape index (κ3) is 3.43. The lowest BCUT2D eigenvalue weighted by atomic mass is 10.1. The Morgan fingerprint density at radius 2 is 1.91 bits per heavy atom. The molecule has 114 valence electrons. The van der Waals surface area contributed by atoms with Gasteiger partial charge < -0.3 is 10.1 Å². The SMILES string of the molecule is CNC(Cl)CC(Oc1cccc2ccccc12)c1cccs1. The van der Waals surface area contributed by atoms with Crippen LogP contribution in [0.5, 0.6) is 5.75 Å². The van der Waals surface area contributed by atoms with Crippen LogP contribution in [0.15, 0.2) is 60.0 Å². The third-order valence-corrected chi connectivity index (χ3v) is 4.97. The predicted octanol–water partition coefficient (Wildman–Crippen LogP) is 5.20. The molecule has 2 nitrogen and oxygen atoms in total. The lowest BCUT2D eigenvalue weighted by Crippen LogP contribution is -2.23. The summed E-state index contributed by atoms with van der Waals surface area (Å²) in [5.41, 5.74) is -0.123. The van der Waals surface area contributed by atoms with Crippen molar-refractivity contribution in [2.24, 2.45) is 0 Å². The van der Waals surface area contributed by atoms with Gasteiger partial charge in [-0.3, -0.25) is 0 Å². The normalized spacial score (nSPS) is 13.9. The predicted molar refractivity (Wildman–Crippen MR) is 95.0 cm³/mol. The zero-order valence-corrected chi connectivity index (χ0v) is 13.9. The van der Waals surface area contributed by atoms with E-state index in [4.69, 9.17) is 16.3 Å². The minimum absolute atomic E-state index is 0.0549. The minimum Gasteiger partial charge on any atom is -0.484 e. The van der Waals surface area contributed by atoms with E-state index in [-0.39, 0.29) is 11.6 Å². The molecule has 0 radical (unpaired) electrons. The first-order valence-electron chi connectivity index (χ1n) is 7.27. The monoisotopic (exact) mass is 331 g/mol. The van der Waals surface area contributed by atoms with Crippen LogP contribution >= 0.6 is 22.9 Å². The van der Waals surface area contributed by atoms with E-state index < -0.39 is 0 Å². The van der Waals surface area contributed by atoms with Crippen molar-refractivity contribution in [2.75, 3.05) is 7.05 Å². The van der Waals surface area contributed by atoms with Crippen LogP contribution in [0.25, 0.3) is 10.8 Å². The van der Waals surface area contributed by atoms with E-state index in [9.17, 15) is 0 Å². The zero-order valence-electron chi connectivity index (χ0n) is 12.3. The van der Waals surface area contributed by atoms with Crippen molar-refractivity contribution >= 4 is 33.7 Å². The Kier molecular flexibility index (Phi) is 4.98. The van der Waals surface area contributed by atoms with Gasteiger partial charge in [-0.05, 0) is 29.9 Å². The van der Waals surface area contributed by atoms with Crippen LogP contribution in [0.4, 0.5) is 0 Å². The standard InChI is InChI=1S/C18H18ClNOS/c1-20-18(19)12-16(17-10-5-11-22-17)21-15-9-4-7-13-6-2-3-8-14(13)15/h2-11,16,18,20H,12H2,1H3. The molecule has 0 fully saturated rings. The smallest absolute Gasteiger partial charge is 0.136 e. The molecule has 3 rings (SSSR count). The topological polar surface area (TPSA) is 21.3 Å². The van der Waals surface area contributed by atoms with Gasteiger partial charge in [0.2, 0.25) is 0 Å². The number of ether oxygens (including phenoxy) is 1. The molecular formula is C18H18ClNOS. The van der Waals surface area contributed by atoms with Crippen LogP contribution in [0.1, 0.15) is 17.4 Å². The highest BCUT2D eigenvalue weighted by atomic mass is 35.5. The van der Waals surface area contributed by atoms with Gasteiger partial charge in [0, 0.05) is 16.7 Å².